The van der Waals surface area contributed by atoms with Gasteiger partial charge in [0.25, 0.3) is 0 Å². The van der Waals surface area contributed by atoms with E-state index in [0.29, 0.717) is 6.42 Å². The highest BCUT2D eigenvalue weighted by Gasteiger charge is 2.28. The van der Waals surface area contributed by atoms with E-state index < -0.39 is 19.7 Å². The molecular weight excluding hydrogens is 335 g/mol. The summed E-state index contributed by atoms with van der Waals surface area (Å²) in [6, 6.07) is 0. The SMILES string of the molecule is CCCCC/C=C\C/C=C\C/C=C\C/C=C\CCC(C(=O)O)[P+](=O)[O-]. The monoisotopic (exact) mass is 366 g/mol. The van der Waals surface area contributed by atoms with Crippen molar-refractivity contribution < 1.29 is 19.4 Å². The van der Waals surface area contributed by atoms with Crippen LogP contribution in [0.1, 0.15) is 64.7 Å². The molecule has 0 aliphatic heterocycles. The summed E-state index contributed by atoms with van der Waals surface area (Å²) in [6.07, 6.45) is 24.9. The Bertz CT molecular complexity index is 464. The Kier molecular flexibility index (Phi) is 16.3. The molecule has 0 radical (unpaired) electrons. The van der Waals surface area contributed by atoms with Crippen molar-refractivity contribution in [3.8, 4) is 0 Å². The van der Waals surface area contributed by atoms with Gasteiger partial charge in [-0.3, -0.25) is 0 Å². The minimum absolute atomic E-state index is 0.128. The maximum Gasteiger partial charge on any atom is 0.355 e. The molecule has 2 atom stereocenters. The lowest BCUT2D eigenvalue weighted by Gasteiger charge is -2.00. The van der Waals surface area contributed by atoms with Crippen LogP contribution >= 0.6 is 8.03 Å². The minimum Gasteiger partial charge on any atom is -0.595 e. The average molecular weight is 366 g/mol. The van der Waals surface area contributed by atoms with Gasteiger partial charge < -0.3 is 10.00 Å². The first-order valence-corrected chi connectivity index (χ1v) is 10.3. The predicted molar refractivity (Wildman–Crippen MR) is 103 cm³/mol. The van der Waals surface area contributed by atoms with Gasteiger partial charge in [0, 0.05) is 6.42 Å². The smallest absolute Gasteiger partial charge is 0.355 e. The predicted octanol–water partition coefficient (Wildman–Crippen LogP) is 5.30. The van der Waals surface area contributed by atoms with Crippen molar-refractivity contribution in [2.75, 3.05) is 0 Å². The summed E-state index contributed by atoms with van der Waals surface area (Å²) >= 11 is 0. The Morgan fingerprint density at radius 2 is 1.40 bits per heavy atom. The summed E-state index contributed by atoms with van der Waals surface area (Å²) in [4.78, 5) is 21.4. The van der Waals surface area contributed by atoms with Crippen molar-refractivity contribution in [2.45, 2.75) is 70.4 Å². The number of carboxylic acid groups (broad SMARTS) is 1. The molecule has 0 aromatic carbocycles. The lowest BCUT2D eigenvalue weighted by atomic mass is 10.2. The summed E-state index contributed by atoms with van der Waals surface area (Å²) in [6.45, 7) is 2.21. The van der Waals surface area contributed by atoms with Crippen LogP contribution in [0, 0.1) is 0 Å². The molecular formula is C20H31O4P. The highest BCUT2D eigenvalue weighted by atomic mass is 31.1. The summed E-state index contributed by atoms with van der Waals surface area (Å²) in [5.74, 6) is -1.27. The van der Waals surface area contributed by atoms with Gasteiger partial charge in [0.15, 0.2) is 0 Å². The Morgan fingerprint density at radius 1 is 0.920 bits per heavy atom. The molecule has 4 nitrogen and oxygen atoms in total. The van der Waals surface area contributed by atoms with Crippen molar-refractivity contribution in [1.82, 2.24) is 0 Å². The van der Waals surface area contributed by atoms with Crippen LogP contribution in [0.2, 0.25) is 0 Å². The lowest BCUT2D eigenvalue weighted by molar-refractivity contribution is -0.169. The number of carbonyl (C=O) groups is 1. The standard InChI is InChI=1S/C20H31O4P/c1-2-3-4-5-6-7-8-9-10-11-12-13-14-15-16-17-18-19(20(21)22)25(23)24/h6-7,9-10,12-13,15-16,19H,2-5,8,11,14,17-18H2,1H3,(H,21,22)/b7-6-,10-9-,13-12-,16-15-. The van der Waals surface area contributed by atoms with Crippen LogP contribution in [0.15, 0.2) is 48.6 Å². The van der Waals surface area contributed by atoms with Gasteiger partial charge in [-0.25, -0.2) is 4.79 Å². The molecule has 0 bridgehead atoms. The molecule has 0 spiro atoms. The van der Waals surface area contributed by atoms with E-state index in [4.69, 9.17) is 5.11 Å². The maximum atomic E-state index is 10.7. The molecule has 0 heterocycles. The molecule has 2 unspecified atom stereocenters. The topological polar surface area (TPSA) is 77.4 Å². The van der Waals surface area contributed by atoms with E-state index in [9.17, 15) is 14.3 Å². The van der Waals surface area contributed by atoms with Gasteiger partial charge >= 0.3 is 14.0 Å². The summed E-state index contributed by atoms with van der Waals surface area (Å²) in [7, 11) is -2.91. The molecule has 0 aliphatic carbocycles. The first-order valence-electron chi connectivity index (χ1n) is 9.05. The molecule has 0 aromatic rings. The van der Waals surface area contributed by atoms with Crippen LogP contribution < -0.4 is 4.89 Å². The molecule has 140 valence electrons. The molecule has 0 aliphatic rings. The van der Waals surface area contributed by atoms with E-state index in [2.05, 4.69) is 37.3 Å². The first kappa shape index (κ1) is 23.5. The van der Waals surface area contributed by atoms with Crippen molar-refractivity contribution in [2.24, 2.45) is 0 Å². The molecule has 0 fully saturated rings. The molecule has 0 rings (SSSR count). The second-order valence-electron chi connectivity index (χ2n) is 5.81. The summed E-state index contributed by atoms with van der Waals surface area (Å²) in [5, 5.41) is 8.74. The van der Waals surface area contributed by atoms with Crippen molar-refractivity contribution in [3.63, 3.8) is 0 Å². The van der Waals surface area contributed by atoms with Gasteiger partial charge in [0.05, 0.1) is 0 Å². The van der Waals surface area contributed by atoms with E-state index in [1.54, 1.807) is 0 Å². The van der Waals surface area contributed by atoms with Crippen LogP contribution in [0.25, 0.3) is 0 Å². The van der Waals surface area contributed by atoms with E-state index in [0.717, 1.165) is 19.3 Å². The van der Waals surface area contributed by atoms with E-state index in [1.807, 2.05) is 18.2 Å². The molecule has 1 N–H and O–H groups in total. The van der Waals surface area contributed by atoms with Gasteiger partial charge in [0.1, 0.15) is 0 Å². The Labute approximate surface area is 152 Å². The fraction of sp³-hybridized carbons (Fsp3) is 0.550. The summed E-state index contributed by atoms with van der Waals surface area (Å²) < 4.78 is 10.7. The fourth-order valence-corrected chi connectivity index (χ4v) is 2.67. The van der Waals surface area contributed by atoms with Crippen LogP contribution in [-0.4, -0.2) is 16.7 Å². The third-order valence-corrected chi connectivity index (χ3v) is 4.59. The third-order valence-electron chi connectivity index (χ3n) is 3.60. The van der Waals surface area contributed by atoms with Gasteiger partial charge in [-0.1, -0.05) is 72.9 Å². The third kappa shape index (κ3) is 15.7. The number of unbranched alkanes of at least 4 members (excludes halogenated alkanes) is 3. The number of hydrogen-bond donors (Lipinski definition) is 1. The van der Waals surface area contributed by atoms with Gasteiger partial charge in [-0.05, 0) is 38.5 Å². The largest absolute Gasteiger partial charge is 0.595 e. The number of hydrogen-bond acceptors (Lipinski definition) is 3. The molecule has 0 saturated carbocycles. The highest BCUT2D eigenvalue weighted by molar-refractivity contribution is 7.38. The highest BCUT2D eigenvalue weighted by Crippen LogP contribution is 2.22. The Morgan fingerprint density at radius 3 is 1.84 bits per heavy atom. The quantitative estimate of drug-likeness (QED) is 0.242. The van der Waals surface area contributed by atoms with Crippen LogP contribution in [-0.2, 0) is 9.36 Å². The zero-order valence-corrected chi connectivity index (χ0v) is 16.1. The average Bonchev–Trinajstić information content (AvgIpc) is 2.57. The number of aliphatic carboxylic acids is 1. The molecule has 5 heteroatoms. The molecule has 25 heavy (non-hydrogen) atoms. The van der Waals surface area contributed by atoms with Crippen LogP contribution in [0.3, 0.4) is 0 Å². The van der Waals surface area contributed by atoms with Crippen LogP contribution in [0.5, 0.6) is 0 Å². The molecule has 0 aromatic heterocycles. The molecule has 0 amide bonds. The van der Waals surface area contributed by atoms with Crippen LogP contribution in [0.4, 0.5) is 0 Å². The number of allylic oxidation sites excluding steroid dienone is 8. The zero-order chi connectivity index (χ0) is 18.8. The number of carboxylic acids is 1. The zero-order valence-electron chi connectivity index (χ0n) is 15.2. The van der Waals surface area contributed by atoms with E-state index in [1.165, 1.54) is 25.7 Å². The van der Waals surface area contributed by atoms with Gasteiger partial charge in [-0.2, -0.15) is 0 Å². The van der Waals surface area contributed by atoms with Crippen molar-refractivity contribution in [3.05, 3.63) is 48.6 Å². The van der Waals surface area contributed by atoms with Gasteiger partial charge in [0.2, 0.25) is 5.66 Å². The second kappa shape index (κ2) is 17.3. The second-order valence-corrected chi connectivity index (χ2v) is 7.00. The van der Waals surface area contributed by atoms with E-state index in [-0.39, 0.29) is 6.42 Å². The first-order chi connectivity index (χ1) is 12.1. The Balaban J connectivity index is 3.67. The maximum absolute atomic E-state index is 10.7. The van der Waals surface area contributed by atoms with E-state index >= 15 is 0 Å². The normalized spacial score (nSPS) is 14.2. The molecule has 0 saturated heterocycles. The van der Waals surface area contributed by atoms with Crippen molar-refractivity contribution in [1.29, 1.82) is 0 Å². The van der Waals surface area contributed by atoms with Crippen molar-refractivity contribution >= 4 is 14.0 Å². The number of rotatable bonds is 15. The van der Waals surface area contributed by atoms with Gasteiger partial charge in [-0.15, -0.1) is 0 Å². The Hall–Kier alpha value is -1.51. The lowest BCUT2D eigenvalue weighted by Crippen LogP contribution is -2.19. The summed E-state index contributed by atoms with van der Waals surface area (Å²) in [5.41, 5.74) is -1.28. The fourth-order valence-electron chi connectivity index (χ4n) is 2.13. The minimum atomic E-state index is -2.91.